The van der Waals surface area contributed by atoms with E-state index in [4.69, 9.17) is 19.3 Å². The Morgan fingerprint density at radius 3 is 2.43 bits per heavy atom. The lowest BCUT2D eigenvalue weighted by Crippen LogP contribution is -2.59. The zero-order chi connectivity index (χ0) is 10.7. The molecule has 1 aliphatic rings. The average molecular weight is 207 g/mol. The molecule has 0 amide bonds. The lowest BCUT2D eigenvalue weighted by Gasteiger charge is -2.39. The van der Waals surface area contributed by atoms with Gasteiger partial charge in [-0.3, -0.25) is 0 Å². The highest BCUT2D eigenvalue weighted by atomic mass is 16.7. The van der Waals surface area contributed by atoms with Crippen molar-refractivity contribution in [3.63, 3.8) is 0 Å². The van der Waals surface area contributed by atoms with Gasteiger partial charge < -0.3 is 24.4 Å². The topological polar surface area (TPSA) is 88.1 Å². The van der Waals surface area contributed by atoms with Crippen LogP contribution in [-0.4, -0.2) is 61.7 Å². The predicted molar refractivity (Wildman–Crippen MR) is 44.0 cm³/mol. The molecule has 83 valence electrons. The maximum absolute atomic E-state index is 11.4. The van der Waals surface area contributed by atoms with E-state index in [1.807, 2.05) is 0 Å². The molecule has 0 aromatic rings. The molecular weight excluding hydrogens is 192 g/mol. The maximum Gasteiger partial charge on any atom is 0.189 e. The first-order valence-electron chi connectivity index (χ1n) is 4.31. The summed E-state index contributed by atoms with van der Waals surface area (Å²) >= 11 is 0. The van der Waals surface area contributed by atoms with Crippen molar-refractivity contribution in [2.45, 2.75) is 30.7 Å². The Balaban J connectivity index is 2.71. The van der Waals surface area contributed by atoms with E-state index in [-0.39, 0.29) is 6.61 Å². The van der Waals surface area contributed by atoms with Crippen molar-refractivity contribution in [3.05, 3.63) is 0 Å². The van der Waals surface area contributed by atoms with Gasteiger partial charge in [0.05, 0.1) is 6.61 Å². The van der Waals surface area contributed by atoms with E-state index >= 15 is 0 Å². The minimum atomic E-state index is -1.42. The number of aliphatic hydroxyl groups is 2. The molecule has 14 heavy (non-hydrogen) atoms. The normalized spacial score (nSPS) is 43.9. The largest absolute Gasteiger partial charge is 0.394 e. The third-order valence-electron chi connectivity index (χ3n) is 2.30. The molecule has 1 fully saturated rings. The minimum Gasteiger partial charge on any atom is -0.394 e. The third-order valence-corrected chi connectivity index (χ3v) is 2.30. The molecule has 0 aromatic carbocycles. The van der Waals surface area contributed by atoms with Crippen LogP contribution in [0.2, 0.25) is 0 Å². The standard InChI is InChI=1S/C8H15O6/c1-12-7-4(3-9)14-8(13-2)6(11)5(7)10/h4-10H,3H2,1-2H3/t4?,5-,6?,7-,8+/m0/s1. The molecule has 6 nitrogen and oxygen atoms in total. The summed E-state index contributed by atoms with van der Waals surface area (Å²) in [5.41, 5.74) is 0. The van der Waals surface area contributed by atoms with Gasteiger partial charge in [-0.15, -0.1) is 0 Å². The lowest BCUT2D eigenvalue weighted by molar-refractivity contribution is -0.308. The van der Waals surface area contributed by atoms with Gasteiger partial charge in [-0.2, -0.15) is 0 Å². The molecule has 0 aromatic heterocycles. The number of hydrogen-bond donors (Lipinski definition) is 2. The summed E-state index contributed by atoms with van der Waals surface area (Å²) in [6.07, 6.45) is -5.25. The van der Waals surface area contributed by atoms with Gasteiger partial charge in [0, 0.05) is 14.2 Å². The van der Waals surface area contributed by atoms with E-state index in [0.29, 0.717) is 0 Å². The van der Waals surface area contributed by atoms with Crippen LogP contribution in [0.1, 0.15) is 0 Å². The molecule has 6 heteroatoms. The van der Waals surface area contributed by atoms with Crippen LogP contribution in [-0.2, 0) is 19.3 Å². The van der Waals surface area contributed by atoms with Crippen LogP contribution < -0.4 is 0 Å². The molecule has 2 unspecified atom stereocenters. The van der Waals surface area contributed by atoms with E-state index in [0.717, 1.165) is 0 Å². The highest BCUT2D eigenvalue weighted by Gasteiger charge is 2.45. The maximum atomic E-state index is 11.4. The Hall–Kier alpha value is -0.240. The summed E-state index contributed by atoms with van der Waals surface area (Å²) in [6, 6.07) is 0. The number of hydrogen-bond acceptors (Lipinski definition) is 5. The van der Waals surface area contributed by atoms with Gasteiger partial charge in [-0.05, 0) is 0 Å². The second-order valence-corrected chi connectivity index (χ2v) is 3.12. The van der Waals surface area contributed by atoms with Crippen molar-refractivity contribution in [1.82, 2.24) is 0 Å². The Bertz CT molecular complexity index is 173. The first kappa shape index (κ1) is 11.8. The molecule has 0 spiro atoms. The molecule has 0 bridgehead atoms. The fraction of sp³-hybridized carbons (Fsp3) is 1.00. The Morgan fingerprint density at radius 2 is 2.00 bits per heavy atom. The van der Waals surface area contributed by atoms with E-state index in [2.05, 4.69) is 0 Å². The average Bonchev–Trinajstić information content (AvgIpc) is 2.21. The lowest BCUT2D eigenvalue weighted by atomic mass is 9.99. The van der Waals surface area contributed by atoms with Crippen LogP contribution in [0, 0.1) is 0 Å². The summed E-state index contributed by atoms with van der Waals surface area (Å²) in [7, 11) is 2.66. The quantitative estimate of drug-likeness (QED) is 0.589. The van der Waals surface area contributed by atoms with Crippen LogP contribution in [0.15, 0.2) is 0 Å². The van der Waals surface area contributed by atoms with Crippen molar-refractivity contribution < 1.29 is 29.5 Å². The van der Waals surface area contributed by atoms with Gasteiger partial charge in [-0.25, -0.2) is 5.11 Å². The second-order valence-electron chi connectivity index (χ2n) is 3.12. The van der Waals surface area contributed by atoms with Crippen molar-refractivity contribution >= 4 is 0 Å². The molecule has 1 heterocycles. The molecule has 2 N–H and O–H groups in total. The fourth-order valence-corrected chi connectivity index (χ4v) is 1.52. The molecule has 0 saturated carbocycles. The van der Waals surface area contributed by atoms with Crippen LogP contribution in [0.25, 0.3) is 0 Å². The highest BCUT2D eigenvalue weighted by molar-refractivity contribution is 4.89. The first-order chi connectivity index (χ1) is 6.65. The molecule has 1 radical (unpaired) electrons. The molecule has 5 atom stereocenters. The van der Waals surface area contributed by atoms with E-state index in [1.54, 1.807) is 0 Å². The SMILES string of the molecule is CO[C@@H]1OC(CO)[C@H](OC)[C@@H](O)C1[O]. The summed E-state index contributed by atoms with van der Waals surface area (Å²) < 4.78 is 14.7. The molecule has 1 saturated heterocycles. The number of aliphatic hydroxyl groups excluding tert-OH is 2. The Labute approximate surface area is 82.0 Å². The van der Waals surface area contributed by atoms with Crippen LogP contribution in [0.5, 0.6) is 0 Å². The summed E-state index contributed by atoms with van der Waals surface area (Å²) in [5.74, 6) is 0. The van der Waals surface area contributed by atoms with Gasteiger partial charge >= 0.3 is 0 Å². The van der Waals surface area contributed by atoms with Gasteiger partial charge in [0.1, 0.15) is 18.3 Å². The van der Waals surface area contributed by atoms with Crippen molar-refractivity contribution in [1.29, 1.82) is 0 Å². The van der Waals surface area contributed by atoms with Gasteiger partial charge in [0.15, 0.2) is 12.4 Å². The minimum absolute atomic E-state index is 0.331. The predicted octanol–water partition coefficient (Wildman–Crippen LogP) is -1.47. The molecule has 1 aliphatic heterocycles. The van der Waals surface area contributed by atoms with E-state index in [9.17, 15) is 10.2 Å². The Kier molecular flexibility index (Phi) is 4.24. The summed E-state index contributed by atoms with van der Waals surface area (Å²) in [5, 5.41) is 29.9. The fourth-order valence-electron chi connectivity index (χ4n) is 1.52. The zero-order valence-corrected chi connectivity index (χ0v) is 8.12. The van der Waals surface area contributed by atoms with E-state index in [1.165, 1.54) is 14.2 Å². The van der Waals surface area contributed by atoms with Crippen LogP contribution in [0.3, 0.4) is 0 Å². The number of rotatable bonds is 3. The van der Waals surface area contributed by atoms with Crippen molar-refractivity contribution in [2.24, 2.45) is 0 Å². The molecule has 0 aliphatic carbocycles. The van der Waals surface area contributed by atoms with Crippen molar-refractivity contribution in [3.8, 4) is 0 Å². The number of ether oxygens (including phenoxy) is 3. The van der Waals surface area contributed by atoms with Crippen LogP contribution in [0.4, 0.5) is 0 Å². The second kappa shape index (κ2) is 5.01. The van der Waals surface area contributed by atoms with Gasteiger partial charge in [-0.1, -0.05) is 0 Å². The van der Waals surface area contributed by atoms with Crippen LogP contribution >= 0.6 is 0 Å². The first-order valence-corrected chi connectivity index (χ1v) is 4.31. The van der Waals surface area contributed by atoms with Crippen molar-refractivity contribution in [2.75, 3.05) is 20.8 Å². The third kappa shape index (κ3) is 2.05. The summed E-state index contributed by atoms with van der Waals surface area (Å²) in [4.78, 5) is 0. The van der Waals surface area contributed by atoms with Gasteiger partial charge in [0.25, 0.3) is 0 Å². The van der Waals surface area contributed by atoms with E-state index < -0.39 is 30.7 Å². The summed E-state index contributed by atoms with van der Waals surface area (Å²) in [6.45, 7) is -0.331. The zero-order valence-electron chi connectivity index (χ0n) is 8.12. The monoisotopic (exact) mass is 207 g/mol. The smallest absolute Gasteiger partial charge is 0.189 e. The molecular formula is C8H15O6. The van der Waals surface area contributed by atoms with Gasteiger partial charge in [0.2, 0.25) is 0 Å². The molecule has 1 rings (SSSR count). The Morgan fingerprint density at radius 1 is 1.36 bits per heavy atom. The number of methoxy groups -OCH3 is 2. The highest BCUT2D eigenvalue weighted by Crippen LogP contribution is 2.23.